The van der Waals surface area contributed by atoms with E-state index in [0.717, 1.165) is 38.4 Å². The van der Waals surface area contributed by atoms with Crippen molar-refractivity contribution in [3.63, 3.8) is 0 Å². The Bertz CT molecular complexity index is 317. The summed E-state index contributed by atoms with van der Waals surface area (Å²) < 4.78 is 0. The van der Waals surface area contributed by atoms with Crippen molar-refractivity contribution in [2.24, 2.45) is 16.7 Å². The largest absolute Gasteiger partial charge is 0.390 e. The lowest BCUT2D eigenvalue weighted by molar-refractivity contribution is -0.111. The molecule has 1 N–H and O–H groups in total. The van der Waals surface area contributed by atoms with Gasteiger partial charge in [-0.15, -0.1) is 0 Å². The highest BCUT2D eigenvalue weighted by atomic mass is 16.3. The molecule has 0 aromatic heterocycles. The Balaban J connectivity index is 2.56. The first-order chi connectivity index (χ1) is 9.24. The van der Waals surface area contributed by atoms with Gasteiger partial charge in [-0.05, 0) is 55.3 Å². The fourth-order valence-electron chi connectivity index (χ4n) is 4.00. The quantitative estimate of drug-likeness (QED) is 0.653. The molecule has 0 spiro atoms. The van der Waals surface area contributed by atoms with Gasteiger partial charge in [-0.25, -0.2) is 0 Å². The summed E-state index contributed by atoms with van der Waals surface area (Å²) in [6.07, 6.45) is 9.07. The van der Waals surface area contributed by atoms with Gasteiger partial charge < -0.3 is 9.90 Å². The van der Waals surface area contributed by atoms with Gasteiger partial charge in [0, 0.05) is 6.42 Å². The predicted octanol–water partition coefficient (Wildman–Crippen LogP) is 4.74. The van der Waals surface area contributed by atoms with Gasteiger partial charge in [0.25, 0.3) is 0 Å². The zero-order valence-electron chi connectivity index (χ0n) is 14.2. The van der Waals surface area contributed by atoms with Crippen LogP contribution in [0.15, 0.2) is 0 Å². The van der Waals surface area contributed by atoms with Crippen LogP contribution in [-0.4, -0.2) is 17.0 Å². The second kappa shape index (κ2) is 6.60. The Morgan fingerprint density at radius 1 is 1.25 bits per heavy atom. The molecule has 0 aromatic carbocycles. The minimum absolute atomic E-state index is 0.158. The smallest absolute Gasteiger partial charge is 0.120 e. The van der Waals surface area contributed by atoms with Crippen molar-refractivity contribution in [1.82, 2.24) is 0 Å². The SMILES string of the molecule is CCC(O)(CC)CCC[C@@H]1CC[C@@](C)(CC=O)C1(C)C. The van der Waals surface area contributed by atoms with Crippen molar-refractivity contribution >= 4 is 6.29 Å². The summed E-state index contributed by atoms with van der Waals surface area (Å²) in [6, 6.07) is 0. The number of carbonyl (C=O) groups excluding carboxylic acids is 1. The molecule has 0 aromatic rings. The molecule has 2 heteroatoms. The van der Waals surface area contributed by atoms with Crippen molar-refractivity contribution < 1.29 is 9.90 Å². The molecule has 0 aliphatic heterocycles. The summed E-state index contributed by atoms with van der Waals surface area (Å²) in [7, 11) is 0. The van der Waals surface area contributed by atoms with Crippen molar-refractivity contribution in [1.29, 1.82) is 0 Å². The van der Waals surface area contributed by atoms with E-state index in [4.69, 9.17) is 0 Å². The molecule has 2 atom stereocenters. The van der Waals surface area contributed by atoms with Gasteiger partial charge in [0.2, 0.25) is 0 Å². The monoisotopic (exact) mass is 282 g/mol. The van der Waals surface area contributed by atoms with Gasteiger partial charge in [-0.1, -0.05) is 41.0 Å². The van der Waals surface area contributed by atoms with Gasteiger partial charge in [0.05, 0.1) is 5.60 Å². The third-order valence-corrected chi connectivity index (χ3v) is 6.67. The fourth-order valence-corrected chi connectivity index (χ4v) is 4.00. The number of aliphatic hydroxyl groups is 1. The molecule has 1 saturated carbocycles. The number of hydrogen-bond donors (Lipinski definition) is 1. The molecule has 1 rings (SSSR count). The van der Waals surface area contributed by atoms with E-state index in [1.165, 1.54) is 12.8 Å². The van der Waals surface area contributed by atoms with E-state index < -0.39 is 5.60 Å². The lowest BCUT2D eigenvalue weighted by atomic mass is 9.63. The van der Waals surface area contributed by atoms with Crippen molar-refractivity contribution in [2.45, 2.75) is 91.6 Å². The third kappa shape index (κ3) is 3.44. The molecule has 0 heterocycles. The van der Waals surface area contributed by atoms with Crippen molar-refractivity contribution in [2.75, 3.05) is 0 Å². The highest BCUT2D eigenvalue weighted by Gasteiger charge is 2.50. The first-order valence-corrected chi connectivity index (χ1v) is 8.40. The van der Waals surface area contributed by atoms with E-state index in [1.807, 2.05) is 0 Å². The van der Waals surface area contributed by atoms with Crippen LogP contribution >= 0.6 is 0 Å². The van der Waals surface area contributed by atoms with E-state index in [9.17, 15) is 9.90 Å². The summed E-state index contributed by atoms with van der Waals surface area (Å²) in [6.45, 7) is 11.1. The lowest BCUT2D eigenvalue weighted by Gasteiger charge is -2.41. The summed E-state index contributed by atoms with van der Waals surface area (Å²) >= 11 is 0. The maximum atomic E-state index is 11.0. The molecule has 118 valence electrons. The van der Waals surface area contributed by atoms with Crippen molar-refractivity contribution in [3.8, 4) is 0 Å². The van der Waals surface area contributed by atoms with E-state index >= 15 is 0 Å². The molecular weight excluding hydrogens is 248 g/mol. The fraction of sp³-hybridized carbons (Fsp3) is 0.944. The minimum atomic E-state index is -0.463. The van der Waals surface area contributed by atoms with Gasteiger partial charge in [-0.2, -0.15) is 0 Å². The number of aldehydes is 1. The molecular formula is C18H34O2. The Morgan fingerprint density at radius 3 is 2.35 bits per heavy atom. The molecule has 0 unspecified atom stereocenters. The number of hydrogen-bond acceptors (Lipinski definition) is 2. The Morgan fingerprint density at radius 2 is 1.85 bits per heavy atom. The average Bonchev–Trinajstić information content (AvgIpc) is 2.62. The highest BCUT2D eigenvalue weighted by molar-refractivity contribution is 5.51. The highest BCUT2D eigenvalue weighted by Crippen LogP contribution is 2.58. The van der Waals surface area contributed by atoms with E-state index in [0.29, 0.717) is 12.3 Å². The summed E-state index contributed by atoms with van der Waals surface area (Å²) in [4.78, 5) is 11.0. The van der Waals surface area contributed by atoms with Crippen LogP contribution in [0.2, 0.25) is 0 Å². The van der Waals surface area contributed by atoms with Crippen LogP contribution < -0.4 is 0 Å². The Kier molecular flexibility index (Phi) is 5.83. The molecule has 2 nitrogen and oxygen atoms in total. The maximum Gasteiger partial charge on any atom is 0.120 e. The lowest BCUT2D eigenvalue weighted by Crippen LogP contribution is -2.35. The number of carbonyl (C=O) groups is 1. The van der Waals surface area contributed by atoms with Crippen LogP contribution in [0.3, 0.4) is 0 Å². The first kappa shape index (κ1) is 17.7. The van der Waals surface area contributed by atoms with Crippen LogP contribution in [0.25, 0.3) is 0 Å². The molecule has 0 bridgehead atoms. The minimum Gasteiger partial charge on any atom is -0.390 e. The first-order valence-electron chi connectivity index (χ1n) is 8.40. The summed E-state index contributed by atoms with van der Waals surface area (Å²) in [5.41, 5.74) is -0.0788. The van der Waals surface area contributed by atoms with E-state index in [1.54, 1.807) is 0 Å². The second-order valence-corrected chi connectivity index (χ2v) is 7.71. The standard InChI is InChI=1S/C18H34O2/c1-6-18(20,7-2)11-8-9-15-10-12-17(5,13-14-19)16(15,3)4/h14-15,20H,6-13H2,1-5H3/t15-,17+/m1/s1. The van der Waals surface area contributed by atoms with Gasteiger partial charge >= 0.3 is 0 Å². The number of rotatable bonds is 8. The van der Waals surface area contributed by atoms with Crippen LogP contribution in [0.4, 0.5) is 0 Å². The van der Waals surface area contributed by atoms with E-state index in [-0.39, 0.29) is 10.8 Å². The topological polar surface area (TPSA) is 37.3 Å². The Hall–Kier alpha value is -0.370. The van der Waals surface area contributed by atoms with Crippen LogP contribution in [-0.2, 0) is 4.79 Å². The summed E-state index contributed by atoms with van der Waals surface area (Å²) in [5, 5.41) is 10.4. The average molecular weight is 282 g/mol. The maximum absolute atomic E-state index is 11.0. The zero-order valence-corrected chi connectivity index (χ0v) is 14.2. The molecule has 20 heavy (non-hydrogen) atoms. The molecule has 1 aliphatic rings. The predicted molar refractivity (Wildman–Crippen MR) is 84.7 cm³/mol. The second-order valence-electron chi connectivity index (χ2n) is 7.71. The molecule has 1 aliphatic carbocycles. The Labute approximate surface area is 125 Å². The van der Waals surface area contributed by atoms with Gasteiger partial charge in [-0.3, -0.25) is 0 Å². The molecule has 0 saturated heterocycles. The van der Waals surface area contributed by atoms with Crippen LogP contribution in [0.1, 0.15) is 86.0 Å². The van der Waals surface area contributed by atoms with Crippen LogP contribution in [0.5, 0.6) is 0 Å². The molecule has 0 amide bonds. The normalized spacial score (nSPS) is 29.6. The third-order valence-electron chi connectivity index (χ3n) is 6.67. The van der Waals surface area contributed by atoms with E-state index in [2.05, 4.69) is 34.6 Å². The van der Waals surface area contributed by atoms with Crippen molar-refractivity contribution in [3.05, 3.63) is 0 Å². The van der Waals surface area contributed by atoms with Gasteiger partial charge in [0.15, 0.2) is 0 Å². The zero-order chi connectivity index (χ0) is 15.4. The summed E-state index contributed by atoms with van der Waals surface area (Å²) in [5.74, 6) is 0.686. The molecule has 1 fully saturated rings. The van der Waals surface area contributed by atoms with Crippen LogP contribution in [0, 0.1) is 16.7 Å². The van der Waals surface area contributed by atoms with Gasteiger partial charge in [0.1, 0.15) is 6.29 Å². The molecule has 0 radical (unpaired) electrons.